The van der Waals surface area contributed by atoms with Crippen molar-refractivity contribution in [2.24, 2.45) is 0 Å². The number of rotatable bonds is 5. The van der Waals surface area contributed by atoms with E-state index in [0.29, 0.717) is 22.6 Å². The molecular weight excluding hydrogens is 368 g/mol. The average Bonchev–Trinajstić information content (AvgIpc) is 3.22. The molecule has 0 saturated carbocycles. The fourth-order valence-corrected chi connectivity index (χ4v) is 2.75. The van der Waals surface area contributed by atoms with Gasteiger partial charge < -0.3 is 10.3 Å². The summed E-state index contributed by atoms with van der Waals surface area (Å²) in [5.74, 6) is -0.202. The molecule has 1 amide bonds. The molecule has 4 rings (SSSR count). The first-order valence-corrected chi connectivity index (χ1v) is 8.72. The number of hydrogen-bond acceptors (Lipinski definition) is 6. The molecule has 0 aliphatic rings. The van der Waals surface area contributed by atoms with Gasteiger partial charge in [0.05, 0.1) is 18.1 Å². The molecule has 140 valence electrons. The van der Waals surface area contributed by atoms with Crippen LogP contribution in [0.2, 0.25) is 0 Å². The van der Waals surface area contributed by atoms with Crippen LogP contribution in [0.25, 0.3) is 11.0 Å². The molecular formula is C21H14N6O2. The Morgan fingerprint density at radius 1 is 1.03 bits per heavy atom. The predicted molar refractivity (Wildman–Crippen MR) is 105 cm³/mol. The summed E-state index contributed by atoms with van der Waals surface area (Å²) < 4.78 is 0. The van der Waals surface area contributed by atoms with Gasteiger partial charge in [-0.1, -0.05) is 12.1 Å². The van der Waals surface area contributed by atoms with Crippen LogP contribution in [-0.4, -0.2) is 31.6 Å². The van der Waals surface area contributed by atoms with Crippen molar-refractivity contribution in [1.82, 2.24) is 19.9 Å². The van der Waals surface area contributed by atoms with Crippen LogP contribution in [-0.2, 0) is 11.2 Å². The number of benzene rings is 1. The van der Waals surface area contributed by atoms with Gasteiger partial charge in [-0.3, -0.25) is 9.59 Å². The minimum Gasteiger partial charge on any atom is -0.346 e. The highest BCUT2D eigenvalue weighted by Crippen LogP contribution is 2.13. The highest BCUT2D eigenvalue weighted by molar-refractivity contribution is 6.07. The Balaban J connectivity index is 1.42. The summed E-state index contributed by atoms with van der Waals surface area (Å²) >= 11 is 0. The number of carbonyl (C=O) groups is 2. The van der Waals surface area contributed by atoms with Gasteiger partial charge >= 0.3 is 0 Å². The van der Waals surface area contributed by atoms with E-state index < -0.39 is 0 Å². The lowest BCUT2D eigenvalue weighted by Gasteiger charge is -2.06. The average molecular weight is 382 g/mol. The Kier molecular flexibility index (Phi) is 4.78. The van der Waals surface area contributed by atoms with Crippen molar-refractivity contribution in [3.05, 3.63) is 83.6 Å². The van der Waals surface area contributed by atoms with Gasteiger partial charge in [0, 0.05) is 29.5 Å². The molecule has 1 aromatic carbocycles. The molecule has 3 aromatic heterocycles. The first-order chi connectivity index (χ1) is 14.1. The monoisotopic (exact) mass is 382 g/mol. The largest absolute Gasteiger partial charge is 0.346 e. The van der Waals surface area contributed by atoms with Crippen LogP contribution < -0.4 is 5.32 Å². The normalized spacial score (nSPS) is 10.4. The number of nitrogens with one attached hydrogen (secondary N) is 2. The van der Waals surface area contributed by atoms with Gasteiger partial charge in [0.15, 0.2) is 0 Å². The molecule has 0 unspecified atom stereocenters. The lowest BCUT2D eigenvalue weighted by atomic mass is 10.1. The zero-order valence-corrected chi connectivity index (χ0v) is 15.1. The van der Waals surface area contributed by atoms with Gasteiger partial charge in [-0.05, 0) is 35.9 Å². The lowest BCUT2D eigenvalue weighted by molar-refractivity contribution is -0.115. The van der Waals surface area contributed by atoms with E-state index in [-0.39, 0.29) is 23.9 Å². The fourth-order valence-electron chi connectivity index (χ4n) is 2.75. The summed E-state index contributed by atoms with van der Waals surface area (Å²) in [7, 11) is 0. The molecule has 8 heteroatoms. The van der Waals surface area contributed by atoms with Gasteiger partial charge in [-0.2, -0.15) is 5.26 Å². The summed E-state index contributed by atoms with van der Waals surface area (Å²) in [4.78, 5) is 40.1. The second kappa shape index (κ2) is 7.70. The first-order valence-electron chi connectivity index (χ1n) is 8.72. The van der Waals surface area contributed by atoms with Crippen molar-refractivity contribution in [3.63, 3.8) is 0 Å². The Morgan fingerprint density at radius 3 is 2.59 bits per heavy atom. The minimum absolute atomic E-state index is 0.0688. The number of aromatic amines is 1. The van der Waals surface area contributed by atoms with Crippen LogP contribution in [0.5, 0.6) is 0 Å². The highest BCUT2D eigenvalue weighted by Gasteiger charge is 2.14. The third-order valence-corrected chi connectivity index (χ3v) is 4.24. The Labute approximate surface area is 165 Å². The summed E-state index contributed by atoms with van der Waals surface area (Å²) in [6, 6.07) is 13.8. The molecule has 0 radical (unpaired) electrons. The van der Waals surface area contributed by atoms with Gasteiger partial charge in [0.25, 0.3) is 0 Å². The number of anilines is 1. The number of amides is 1. The van der Waals surface area contributed by atoms with E-state index >= 15 is 0 Å². The molecule has 2 N–H and O–H groups in total. The molecule has 0 bridgehead atoms. The molecule has 0 aliphatic heterocycles. The van der Waals surface area contributed by atoms with E-state index in [1.807, 2.05) is 12.1 Å². The maximum Gasteiger partial charge on any atom is 0.231 e. The summed E-state index contributed by atoms with van der Waals surface area (Å²) in [5.41, 5.74) is 2.23. The third-order valence-electron chi connectivity index (χ3n) is 4.24. The quantitative estimate of drug-likeness (QED) is 0.511. The molecule has 0 fully saturated rings. The number of pyridine rings is 1. The van der Waals surface area contributed by atoms with E-state index in [9.17, 15) is 9.59 Å². The highest BCUT2D eigenvalue weighted by atomic mass is 16.1. The SMILES string of the molecule is N#Cc1ccc(CC(=O)Nc2ccc(C(=O)c3ncc4cc[nH]c4n3)cn2)cc1. The Bertz CT molecular complexity index is 1240. The maximum absolute atomic E-state index is 12.5. The van der Waals surface area contributed by atoms with Crippen molar-refractivity contribution in [3.8, 4) is 6.07 Å². The predicted octanol–water partition coefficient (Wildman–Crippen LogP) is 2.64. The van der Waals surface area contributed by atoms with Gasteiger partial charge in [-0.25, -0.2) is 15.0 Å². The van der Waals surface area contributed by atoms with Crippen molar-refractivity contribution in [2.45, 2.75) is 6.42 Å². The van der Waals surface area contributed by atoms with E-state index in [1.165, 1.54) is 6.20 Å². The van der Waals surface area contributed by atoms with Gasteiger partial charge in [0.2, 0.25) is 17.5 Å². The minimum atomic E-state index is -0.357. The number of aromatic nitrogens is 4. The summed E-state index contributed by atoms with van der Waals surface area (Å²) in [6.07, 6.45) is 4.84. The second-order valence-corrected chi connectivity index (χ2v) is 6.27. The van der Waals surface area contributed by atoms with Crippen LogP contribution in [0.4, 0.5) is 5.82 Å². The molecule has 4 aromatic rings. The van der Waals surface area contributed by atoms with Crippen molar-refractivity contribution in [2.75, 3.05) is 5.32 Å². The van der Waals surface area contributed by atoms with Crippen molar-refractivity contribution in [1.29, 1.82) is 5.26 Å². The summed E-state index contributed by atoms with van der Waals surface area (Å²) in [5, 5.41) is 12.3. The number of nitriles is 1. The van der Waals surface area contributed by atoms with E-state index in [1.54, 1.807) is 48.8 Å². The van der Waals surface area contributed by atoms with Crippen LogP contribution in [0, 0.1) is 11.3 Å². The molecule has 0 atom stereocenters. The Hall–Kier alpha value is -4.38. The topological polar surface area (TPSA) is 124 Å². The van der Waals surface area contributed by atoms with Gasteiger partial charge in [-0.15, -0.1) is 0 Å². The smallest absolute Gasteiger partial charge is 0.231 e. The van der Waals surface area contributed by atoms with Crippen molar-refractivity contribution < 1.29 is 9.59 Å². The van der Waals surface area contributed by atoms with Crippen LogP contribution in [0.15, 0.2) is 61.1 Å². The molecule has 3 heterocycles. The summed E-state index contributed by atoms with van der Waals surface area (Å²) in [6.45, 7) is 0. The number of nitrogens with zero attached hydrogens (tertiary/aromatic N) is 4. The zero-order chi connectivity index (χ0) is 20.2. The van der Waals surface area contributed by atoms with Crippen LogP contribution in [0.1, 0.15) is 27.3 Å². The van der Waals surface area contributed by atoms with E-state index in [2.05, 4.69) is 25.3 Å². The molecule has 0 spiro atoms. The molecule has 8 nitrogen and oxygen atoms in total. The standard InChI is InChI=1S/C21H14N6O2/c22-10-14-3-1-13(2-4-14)9-18(28)26-17-6-5-15(11-24-17)19(29)21-25-12-16-7-8-23-20(16)27-21/h1-8,11-12H,9H2,(H,23,25,27)(H,24,26,28). The van der Waals surface area contributed by atoms with Gasteiger partial charge in [0.1, 0.15) is 11.5 Å². The third kappa shape index (κ3) is 3.99. The fraction of sp³-hybridized carbons (Fsp3) is 0.0476. The Morgan fingerprint density at radius 2 is 1.86 bits per heavy atom. The maximum atomic E-state index is 12.5. The number of ketones is 1. The number of carbonyl (C=O) groups excluding carboxylic acids is 2. The van der Waals surface area contributed by atoms with Crippen LogP contribution >= 0.6 is 0 Å². The van der Waals surface area contributed by atoms with Crippen LogP contribution in [0.3, 0.4) is 0 Å². The van der Waals surface area contributed by atoms with E-state index in [4.69, 9.17) is 5.26 Å². The molecule has 0 saturated heterocycles. The lowest BCUT2D eigenvalue weighted by Crippen LogP contribution is -2.15. The van der Waals surface area contributed by atoms with E-state index in [0.717, 1.165) is 10.9 Å². The molecule has 29 heavy (non-hydrogen) atoms. The first kappa shape index (κ1) is 18.0. The second-order valence-electron chi connectivity index (χ2n) is 6.27. The number of fused-ring (bicyclic) bond motifs is 1. The number of hydrogen-bond donors (Lipinski definition) is 2. The molecule has 0 aliphatic carbocycles. The zero-order valence-electron chi connectivity index (χ0n) is 15.1. The van der Waals surface area contributed by atoms with Crippen molar-refractivity contribution >= 4 is 28.5 Å². The number of H-pyrrole nitrogens is 1.